The summed E-state index contributed by atoms with van der Waals surface area (Å²) in [6, 6.07) is 3.92. The number of aromatic nitrogens is 2. The zero-order chi connectivity index (χ0) is 23.1. The number of nitrogens with zero attached hydrogens (tertiary/aromatic N) is 3. The predicted octanol–water partition coefficient (Wildman–Crippen LogP) is 2.94. The largest absolute Gasteiger partial charge is 0.383 e. The highest BCUT2D eigenvalue weighted by atomic mass is 32.1. The van der Waals surface area contributed by atoms with Crippen molar-refractivity contribution in [1.82, 2.24) is 14.5 Å². The Morgan fingerprint density at radius 1 is 1.38 bits per heavy atom. The van der Waals surface area contributed by atoms with Crippen LogP contribution in [0.15, 0.2) is 39.8 Å². The maximum absolute atomic E-state index is 13.6. The molecular weight excluding hydrogens is 426 g/mol. The summed E-state index contributed by atoms with van der Waals surface area (Å²) in [6.07, 6.45) is 7.01. The number of amides is 1. The second kappa shape index (κ2) is 11.3. The molecule has 32 heavy (non-hydrogen) atoms. The highest BCUT2D eigenvalue weighted by Gasteiger charge is 2.33. The molecule has 1 fully saturated rings. The number of nitrogens with one attached hydrogen (secondary N) is 1. The van der Waals surface area contributed by atoms with Crippen molar-refractivity contribution in [2.45, 2.75) is 64.6 Å². The van der Waals surface area contributed by atoms with Gasteiger partial charge in [0.1, 0.15) is 5.82 Å². The Labute approximate surface area is 192 Å². The van der Waals surface area contributed by atoms with Crippen LogP contribution in [0.5, 0.6) is 0 Å². The summed E-state index contributed by atoms with van der Waals surface area (Å²) in [6.45, 7) is 7.54. The van der Waals surface area contributed by atoms with Crippen molar-refractivity contribution in [3.63, 3.8) is 0 Å². The summed E-state index contributed by atoms with van der Waals surface area (Å²) in [7, 11) is 0. The Morgan fingerprint density at radius 3 is 2.75 bits per heavy atom. The summed E-state index contributed by atoms with van der Waals surface area (Å²) in [5.41, 5.74) is 5.32. The van der Waals surface area contributed by atoms with Crippen molar-refractivity contribution in [2.24, 2.45) is 0 Å². The van der Waals surface area contributed by atoms with Crippen LogP contribution in [0.1, 0.15) is 50.3 Å². The van der Waals surface area contributed by atoms with Crippen molar-refractivity contribution in [2.75, 3.05) is 23.7 Å². The topological polar surface area (TPSA) is 104 Å². The zero-order valence-corrected chi connectivity index (χ0v) is 19.5. The molecule has 1 aliphatic rings. The van der Waals surface area contributed by atoms with Crippen molar-refractivity contribution >= 4 is 28.7 Å². The summed E-state index contributed by atoms with van der Waals surface area (Å²) in [5, 5.41) is 2.01. The Morgan fingerprint density at radius 2 is 2.12 bits per heavy atom. The lowest BCUT2D eigenvalue weighted by atomic mass is 10.1. The van der Waals surface area contributed by atoms with Crippen LogP contribution in [0.2, 0.25) is 0 Å². The zero-order valence-electron chi connectivity index (χ0n) is 18.7. The lowest BCUT2D eigenvalue weighted by molar-refractivity contribution is -0.120. The molecule has 0 atom stereocenters. The molecule has 9 heteroatoms. The van der Waals surface area contributed by atoms with Crippen LogP contribution in [0.3, 0.4) is 0 Å². The Kier molecular flexibility index (Phi) is 8.46. The molecular formula is C23H33N5O3S. The van der Waals surface area contributed by atoms with Gasteiger partial charge in [0, 0.05) is 30.6 Å². The fraction of sp³-hybridized carbons (Fsp3) is 0.522. The normalized spacial score (nSPS) is 14.2. The van der Waals surface area contributed by atoms with E-state index in [2.05, 4.69) is 11.6 Å². The number of nitrogens with two attached hydrogens (primary N) is 1. The number of hydrogen-bond acceptors (Lipinski definition) is 6. The average Bonchev–Trinajstić information content (AvgIpc) is 3.45. The molecule has 0 aromatic carbocycles. The lowest BCUT2D eigenvalue weighted by Crippen LogP contribution is -2.49. The molecule has 1 aliphatic carbocycles. The van der Waals surface area contributed by atoms with E-state index in [0.29, 0.717) is 19.6 Å². The van der Waals surface area contributed by atoms with Gasteiger partial charge in [-0.15, -0.1) is 17.9 Å². The molecule has 2 aromatic rings. The van der Waals surface area contributed by atoms with Gasteiger partial charge in [0.2, 0.25) is 5.91 Å². The lowest BCUT2D eigenvalue weighted by Gasteiger charge is -2.32. The van der Waals surface area contributed by atoms with Crippen LogP contribution in [0, 0.1) is 0 Å². The molecule has 0 spiro atoms. The number of aromatic amines is 1. The van der Waals surface area contributed by atoms with E-state index in [1.165, 1.54) is 4.57 Å². The van der Waals surface area contributed by atoms with Crippen LogP contribution in [0.25, 0.3) is 0 Å². The van der Waals surface area contributed by atoms with Crippen molar-refractivity contribution in [3.05, 3.63) is 55.9 Å². The molecule has 1 amide bonds. The molecule has 3 N–H and O–H groups in total. The highest BCUT2D eigenvalue weighted by molar-refractivity contribution is 7.09. The number of thiophene rings is 1. The summed E-state index contributed by atoms with van der Waals surface area (Å²) < 4.78 is 1.38. The first kappa shape index (κ1) is 24.0. The molecule has 0 saturated heterocycles. The van der Waals surface area contributed by atoms with E-state index in [-0.39, 0.29) is 30.0 Å². The second-order valence-corrected chi connectivity index (χ2v) is 9.27. The van der Waals surface area contributed by atoms with Crippen LogP contribution in [0.4, 0.5) is 11.5 Å². The van der Waals surface area contributed by atoms with Gasteiger partial charge in [-0.25, -0.2) is 4.79 Å². The molecule has 0 bridgehead atoms. The minimum absolute atomic E-state index is 0.0703. The van der Waals surface area contributed by atoms with E-state index in [9.17, 15) is 14.4 Å². The van der Waals surface area contributed by atoms with Crippen molar-refractivity contribution in [1.29, 1.82) is 0 Å². The highest BCUT2D eigenvalue weighted by Crippen LogP contribution is 2.29. The van der Waals surface area contributed by atoms with E-state index < -0.39 is 11.2 Å². The minimum Gasteiger partial charge on any atom is -0.383 e. The molecule has 2 heterocycles. The summed E-state index contributed by atoms with van der Waals surface area (Å²) in [4.78, 5) is 46.0. The van der Waals surface area contributed by atoms with Gasteiger partial charge in [0.25, 0.3) is 5.56 Å². The van der Waals surface area contributed by atoms with E-state index in [1.54, 1.807) is 22.3 Å². The summed E-state index contributed by atoms with van der Waals surface area (Å²) in [5.74, 6) is -0.117. The maximum Gasteiger partial charge on any atom is 0.330 e. The van der Waals surface area contributed by atoms with Gasteiger partial charge in [-0.05, 0) is 30.7 Å². The first-order valence-electron chi connectivity index (χ1n) is 11.3. The third kappa shape index (κ3) is 5.58. The maximum atomic E-state index is 13.6. The summed E-state index contributed by atoms with van der Waals surface area (Å²) >= 11 is 1.64. The standard InChI is InChI=1S/C23H33N5O3S/c1-3-5-13-27-21(24)20(22(30)25-23(27)31)28(17-9-6-7-10-17)19(29)16-26(12-4-2)15-18-11-8-14-32-18/h4,8,11,14,17H,2-3,5-7,9-10,12-13,15-16,24H2,1H3,(H,25,30,31). The van der Waals surface area contributed by atoms with Gasteiger partial charge in [-0.3, -0.25) is 24.0 Å². The predicted molar refractivity (Wildman–Crippen MR) is 130 cm³/mol. The van der Waals surface area contributed by atoms with Gasteiger partial charge in [0.15, 0.2) is 5.69 Å². The van der Waals surface area contributed by atoms with Crippen molar-refractivity contribution < 1.29 is 4.79 Å². The van der Waals surface area contributed by atoms with Gasteiger partial charge in [0.05, 0.1) is 6.54 Å². The fourth-order valence-corrected chi connectivity index (χ4v) is 5.03. The second-order valence-electron chi connectivity index (χ2n) is 8.24. The van der Waals surface area contributed by atoms with E-state index in [1.807, 2.05) is 29.3 Å². The molecule has 2 aromatic heterocycles. The molecule has 3 rings (SSSR count). The van der Waals surface area contributed by atoms with Crippen LogP contribution < -0.4 is 21.9 Å². The first-order valence-corrected chi connectivity index (χ1v) is 12.1. The van der Waals surface area contributed by atoms with Gasteiger partial charge in [-0.1, -0.05) is 38.3 Å². The number of hydrogen-bond donors (Lipinski definition) is 2. The number of unbranched alkanes of at least 4 members (excludes halogenated alkanes) is 1. The SMILES string of the molecule is C=CCN(CC(=O)N(c1c(N)n(CCCC)c(=O)[nH]c1=O)C1CCCC1)Cc1cccs1. The van der Waals surface area contributed by atoms with Crippen LogP contribution >= 0.6 is 11.3 Å². The molecule has 8 nitrogen and oxygen atoms in total. The van der Waals surface area contributed by atoms with Crippen LogP contribution in [-0.4, -0.2) is 39.5 Å². The van der Waals surface area contributed by atoms with E-state index >= 15 is 0 Å². The molecule has 1 saturated carbocycles. The third-order valence-electron chi connectivity index (χ3n) is 5.85. The van der Waals surface area contributed by atoms with Crippen molar-refractivity contribution in [3.8, 4) is 0 Å². The smallest absolute Gasteiger partial charge is 0.330 e. The van der Waals surface area contributed by atoms with Gasteiger partial charge < -0.3 is 10.6 Å². The monoisotopic (exact) mass is 459 g/mol. The third-order valence-corrected chi connectivity index (χ3v) is 6.72. The Bertz CT molecular complexity index is 1020. The molecule has 0 aliphatic heterocycles. The van der Waals surface area contributed by atoms with Crippen LogP contribution in [-0.2, 0) is 17.9 Å². The quantitative estimate of drug-likeness (QED) is 0.503. The van der Waals surface area contributed by atoms with Gasteiger partial charge >= 0.3 is 5.69 Å². The number of nitrogen functional groups attached to an aromatic ring is 1. The Hall–Kier alpha value is -2.65. The number of carbonyl (C=O) groups excluding carboxylic acids is 1. The number of carbonyl (C=O) groups is 1. The number of H-pyrrole nitrogens is 1. The first-order chi connectivity index (χ1) is 15.5. The molecule has 0 radical (unpaired) electrons. The minimum atomic E-state index is -0.603. The molecule has 174 valence electrons. The molecule has 0 unspecified atom stereocenters. The fourth-order valence-electron chi connectivity index (χ4n) is 4.28. The van der Waals surface area contributed by atoms with E-state index in [0.717, 1.165) is 43.4 Å². The number of anilines is 2. The average molecular weight is 460 g/mol. The Balaban J connectivity index is 1.96. The van der Waals surface area contributed by atoms with E-state index in [4.69, 9.17) is 5.73 Å². The van der Waals surface area contributed by atoms with Gasteiger partial charge in [-0.2, -0.15) is 0 Å². The number of rotatable bonds is 11.